The van der Waals surface area contributed by atoms with Gasteiger partial charge in [0.05, 0.1) is 27.3 Å². The van der Waals surface area contributed by atoms with Gasteiger partial charge in [-0.15, -0.1) is 0 Å². The van der Waals surface area contributed by atoms with E-state index in [1.807, 2.05) is 6.07 Å². The Kier molecular flexibility index (Phi) is 5.63. The first-order valence-electron chi connectivity index (χ1n) is 10.8. The minimum absolute atomic E-state index is 0.286. The van der Waals surface area contributed by atoms with Crippen LogP contribution in [0.4, 0.5) is 0 Å². The summed E-state index contributed by atoms with van der Waals surface area (Å²) in [5.74, 6) is 0.522. The molecule has 0 aliphatic carbocycles. The minimum Gasteiger partial charge on any atom is -0.297 e. The Hall–Kier alpha value is -2.15. The minimum atomic E-state index is -0.892. The molecule has 3 heterocycles. The van der Waals surface area contributed by atoms with E-state index in [2.05, 4.69) is 68.6 Å². The second kappa shape index (κ2) is 8.53. The van der Waals surface area contributed by atoms with Gasteiger partial charge in [0.25, 0.3) is 0 Å². The van der Waals surface area contributed by atoms with Crippen molar-refractivity contribution in [1.82, 2.24) is 19.2 Å². The van der Waals surface area contributed by atoms with Crippen molar-refractivity contribution in [2.75, 3.05) is 19.6 Å². The molecule has 3 aromatic rings. The van der Waals surface area contributed by atoms with Gasteiger partial charge in [-0.05, 0) is 62.0 Å². The summed E-state index contributed by atoms with van der Waals surface area (Å²) < 4.78 is 15.4. The summed E-state index contributed by atoms with van der Waals surface area (Å²) in [4.78, 5) is 11.4. The quantitative estimate of drug-likeness (QED) is 0.641. The monoisotopic (exact) mass is 420 g/mol. The Labute approximate surface area is 180 Å². The average molecular weight is 421 g/mol. The zero-order valence-corrected chi connectivity index (χ0v) is 18.2. The van der Waals surface area contributed by atoms with Crippen molar-refractivity contribution in [2.24, 2.45) is 5.92 Å². The molecule has 2 fully saturated rings. The maximum absolute atomic E-state index is 13.2. The van der Waals surface area contributed by atoms with Crippen LogP contribution in [-0.2, 0) is 17.5 Å². The molecular weight excluding hydrogens is 392 g/mol. The van der Waals surface area contributed by atoms with Crippen molar-refractivity contribution in [3.05, 3.63) is 72.1 Å². The van der Waals surface area contributed by atoms with E-state index in [-0.39, 0.29) is 5.25 Å². The van der Waals surface area contributed by atoms with E-state index in [1.54, 1.807) is 12.4 Å². The van der Waals surface area contributed by atoms with Gasteiger partial charge in [-0.3, -0.25) is 14.9 Å². The topological polar surface area (TPSA) is 49.3 Å². The van der Waals surface area contributed by atoms with E-state index >= 15 is 0 Å². The first-order chi connectivity index (χ1) is 14.7. The number of fused-ring (bicyclic) bond motifs is 2. The number of nitrogens with zero attached hydrogens (tertiary/aromatic N) is 4. The number of hydrogen-bond donors (Lipinski definition) is 0. The number of aromatic nitrogens is 2. The fourth-order valence-electron chi connectivity index (χ4n) is 4.91. The predicted octanol–water partition coefficient (Wildman–Crippen LogP) is 3.95. The third-order valence-electron chi connectivity index (χ3n) is 6.69. The van der Waals surface area contributed by atoms with Gasteiger partial charge in [0.15, 0.2) is 0 Å². The van der Waals surface area contributed by atoms with E-state index in [4.69, 9.17) is 0 Å². The largest absolute Gasteiger partial charge is 0.297 e. The first-order valence-corrected chi connectivity index (χ1v) is 12.0. The molecule has 5 rings (SSSR count). The molecule has 30 heavy (non-hydrogen) atoms. The van der Waals surface area contributed by atoms with Crippen LogP contribution in [0.5, 0.6) is 0 Å². The maximum atomic E-state index is 13.2. The smallest absolute Gasteiger partial charge is 0.0981 e. The van der Waals surface area contributed by atoms with Crippen LogP contribution in [0.2, 0.25) is 0 Å². The lowest BCUT2D eigenvalue weighted by atomic mass is 10.0. The van der Waals surface area contributed by atoms with E-state index in [9.17, 15) is 4.21 Å². The molecule has 0 amide bonds. The molecule has 0 bridgehead atoms. The Morgan fingerprint density at radius 1 is 1.03 bits per heavy atom. The van der Waals surface area contributed by atoms with Gasteiger partial charge < -0.3 is 0 Å². The summed E-state index contributed by atoms with van der Waals surface area (Å²) in [6, 6.07) is 17.1. The van der Waals surface area contributed by atoms with Crippen LogP contribution in [0.3, 0.4) is 0 Å². The molecule has 2 aliphatic rings. The Balaban J connectivity index is 1.26. The summed E-state index contributed by atoms with van der Waals surface area (Å²) in [5, 5.41) is 0.286. The molecule has 0 spiro atoms. The molecule has 2 aromatic carbocycles. The molecule has 4 unspecified atom stereocenters. The molecule has 6 heteroatoms. The highest BCUT2D eigenvalue weighted by Gasteiger charge is 2.41. The highest BCUT2D eigenvalue weighted by molar-refractivity contribution is 7.83. The summed E-state index contributed by atoms with van der Waals surface area (Å²) >= 11 is 0. The summed E-state index contributed by atoms with van der Waals surface area (Å²) in [6.45, 7) is 6.05. The summed E-state index contributed by atoms with van der Waals surface area (Å²) in [6.07, 6.45) is 5.60. The molecule has 5 nitrogen and oxygen atoms in total. The molecular formula is C24H28N4OS. The van der Waals surface area contributed by atoms with Crippen molar-refractivity contribution < 1.29 is 4.21 Å². The normalized spacial score (nSPS) is 26.4. The van der Waals surface area contributed by atoms with Crippen molar-refractivity contribution in [1.29, 1.82) is 0 Å². The molecule has 4 atom stereocenters. The van der Waals surface area contributed by atoms with E-state index < -0.39 is 11.0 Å². The van der Waals surface area contributed by atoms with Gasteiger partial charge in [-0.2, -0.15) is 0 Å². The Morgan fingerprint density at radius 3 is 2.63 bits per heavy atom. The molecule has 2 saturated heterocycles. The zero-order chi connectivity index (χ0) is 20.5. The Morgan fingerprint density at radius 2 is 1.80 bits per heavy atom. The maximum Gasteiger partial charge on any atom is 0.0981 e. The second-order valence-corrected chi connectivity index (χ2v) is 10.2. The van der Waals surface area contributed by atoms with Crippen molar-refractivity contribution in [3.63, 3.8) is 0 Å². The zero-order valence-electron chi connectivity index (χ0n) is 17.4. The lowest BCUT2D eigenvalue weighted by Crippen LogP contribution is -2.30. The number of hydrogen-bond acceptors (Lipinski definition) is 4. The number of rotatable bonds is 4. The van der Waals surface area contributed by atoms with Crippen molar-refractivity contribution >= 4 is 22.0 Å². The van der Waals surface area contributed by atoms with Crippen LogP contribution < -0.4 is 0 Å². The van der Waals surface area contributed by atoms with E-state index in [0.717, 1.165) is 50.1 Å². The Bertz CT molecular complexity index is 1040. The molecule has 156 valence electrons. The van der Waals surface area contributed by atoms with E-state index in [1.165, 1.54) is 11.1 Å². The lowest BCUT2D eigenvalue weighted by Gasteiger charge is -2.28. The SMILES string of the molecule is CC(c1ccc2nccnc2c1)N1CCC2CN(Cc3ccccc3)S(=O)C2CC1. The van der Waals surface area contributed by atoms with Gasteiger partial charge in [-0.1, -0.05) is 36.4 Å². The van der Waals surface area contributed by atoms with Crippen molar-refractivity contribution in [3.8, 4) is 0 Å². The summed E-state index contributed by atoms with van der Waals surface area (Å²) in [5.41, 5.74) is 4.41. The van der Waals surface area contributed by atoms with Gasteiger partial charge in [0.2, 0.25) is 0 Å². The van der Waals surface area contributed by atoms with Gasteiger partial charge in [-0.25, -0.2) is 8.51 Å². The molecule has 0 radical (unpaired) electrons. The number of benzene rings is 2. The second-order valence-electron chi connectivity index (χ2n) is 8.48. The molecule has 1 aromatic heterocycles. The van der Waals surface area contributed by atoms with Crippen LogP contribution in [-0.4, -0.2) is 48.3 Å². The van der Waals surface area contributed by atoms with Crippen molar-refractivity contribution in [2.45, 2.75) is 37.6 Å². The van der Waals surface area contributed by atoms with Gasteiger partial charge in [0, 0.05) is 31.5 Å². The highest BCUT2D eigenvalue weighted by Crippen LogP contribution is 2.35. The fourth-order valence-corrected chi connectivity index (χ4v) is 6.77. The standard InChI is InChI=1S/C24H28N4OS/c1-18(20-7-8-22-23(15-20)26-12-11-25-22)27-13-9-21-17-28(30(29)24(21)10-14-27)16-19-5-3-2-4-6-19/h2-8,11-12,15,18,21,24H,9-10,13-14,16-17H2,1H3. The summed E-state index contributed by atoms with van der Waals surface area (Å²) in [7, 11) is -0.892. The lowest BCUT2D eigenvalue weighted by molar-refractivity contribution is 0.214. The van der Waals surface area contributed by atoms with Crippen LogP contribution >= 0.6 is 0 Å². The predicted molar refractivity (Wildman–Crippen MR) is 121 cm³/mol. The van der Waals surface area contributed by atoms with Crippen LogP contribution in [0.1, 0.15) is 36.9 Å². The third kappa shape index (κ3) is 3.92. The van der Waals surface area contributed by atoms with E-state index in [0.29, 0.717) is 12.0 Å². The fraction of sp³-hybridized carbons (Fsp3) is 0.417. The van der Waals surface area contributed by atoms with Gasteiger partial charge >= 0.3 is 0 Å². The molecule has 2 aliphatic heterocycles. The third-order valence-corrected chi connectivity index (χ3v) is 8.62. The van der Waals surface area contributed by atoms with Crippen LogP contribution in [0.25, 0.3) is 11.0 Å². The van der Waals surface area contributed by atoms with Crippen LogP contribution in [0.15, 0.2) is 60.9 Å². The molecule has 0 saturated carbocycles. The molecule has 0 N–H and O–H groups in total. The van der Waals surface area contributed by atoms with Crippen LogP contribution in [0, 0.1) is 5.92 Å². The highest BCUT2D eigenvalue weighted by atomic mass is 32.2. The van der Waals surface area contributed by atoms with Gasteiger partial charge in [0.1, 0.15) is 0 Å². The first kappa shape index (κ1) is 19.8. The average Bonchev–Trinajstić information content (AvgIpc) is 2.95. The number of likely N-dealkylation sites (tertiary alicyclic amines) is 1.